The van der Waals surface area contributed by atoms with E-state index in [4.69, 9.17) is 11.6 Å². The number of amides is 1. The zero-order chi connectivity index (χ0) is 16.0. The van der Waals surface area contributed by atoms with Crippen molar-refractivity contribution in [3.63, 3.8) is 0 Å². The standard InChI is InChI=1S/C17H13ClN4O/c1-21-10-13-16(20-21)19-14-8-7-11(18)9-15(14)22(17(13)23)12-5-3-2-4-6-12/h2-10H,1H3,(H,19,20). The number of rotatable bonds is 1. The summed E-state index contributed by atoms with van der Waals surface area (Å²) in [5.74, 6) is 0.396. The monoisotopic (exact) mass is 324 g/mol. The van der Waals surface area contributed by atoms with Crippen molar-refractivity contribution < 1.29 is 4.79 Å². The molecule has 0 radical (unpaired) electrons. The van der Waals surface area contributed by atoms with Crippen molar-refractivity contribution in [2.45, 2.75) is 0 Å². The van der Waals surface area contributed by atoms with Gasteiger partial charge in [-0.05, 0) is 30.3 Å². The molecular formula is C17H13ClN4O. The maximum absolute atomic E-state index is 13.1. The van der Waals surface area contributed by atoms with Crippen molar-refractivity contribution in [3.8, 4) is 0 Å². The molecule has 5 nitrogen and oxygen atoms in total. The lowest BCUT2D eigenvalue weighted by Crippen LogP contribution is -2.25. The van der Waals surface area contributed by atoms with Crippen LogP contribution in [-0.4, -0.2) is 15.7 Å². The van der Waals surface area contributed by atoms with E-state index in [0.717, 1.165) is 11.4 Å². The number of carbonyl (C=O) groups excluding carboxylic acids is 1. The van der Waals surface area contributed by atoms with Gasteiger partial charge in [0, 0.05) is 24.0 Å². The first-order chi connectivity index (χ1) is 11.1. The molecule has 1 aliphatic heterocycles. The fraction of sp³-hybridized carbons (Fsp3) is 0.0588. The molecule has 3 aromatic rings. The summed E-state index contributed by atoms with van der Waals surface area (Å²) in [4.78, 5) is 14.8. The second-order valence-corrected chi connectivity index (χ2v) is 5.76. The van der Waals surface area contributed by atoms with Crippen LogP contribution >= 0.6 is 11.6 Å². The van der Waals surface area contributed by atoms with E-state index in [1.54, 1.807) is 35.0 Å². The molecule has 0 saturated carbocycles. The maximum Gasteiger partial charge on any atom is 0.268 e. The maximum atomic E-state index is 13.1. The van der Waals surface area contributed by atoms with Crippen LogP contribution < -0.4 is 10.2 Å². The highest BCUT2D eigenvalue weighted by atomic mass is 35.5. The third-order valence-corrected chi connectivity index (χ3v) is 3.97. The molecule has 0 aliphatic carbocycles. The molecule has 1 aromatic heterocycles. The van der Waals surface area contributed by atoms with Gasteiger partial charge >= 0.3 is 0 Å². The van der Waals surface area contributed by atoms with Crippen molar-refractivity contribution in [2.24, 2.45) is 7.05 Å². The minimum atomic E-state index is -0.146. The van der Waals surface area contributed by atoms with Crippen LogP contribution in [0.4, 0.5) is 22.9 Å². The number of hydrogen-bond donors (Lipinski definition) is 1. The topological polar surface area (TPSA) is 50.2 Å². The van der Waals surface area contributed by atoms with Crippen molar-refractivity contribution in [3.05, 3.63) is 65.3 Å². The van der Waals surface area contributed by atoms with Gasteiger partial charge in [-0.3, -0.25) is 14.4 Å². The Morgan fingerprint density at radius 2 is 1.91 bits per heavy atom. The number of hydrogen-bond acceptors (Lipinski definition) is 3. The van der Waals surface area contributed by atoms with Gasteiger partial charge in [0.15, 0.2) is 5.82 Å². The summed E-state index contributed by atoms with van der Waals surface area (Å²) in [5, 5.41) is 8.13. The molecule has 0 saturated heterocycles. The van der Waals surface area contributed by atoms with Gasteiger partial charge in [0.1, 0.15) is 5.56 Å². The molecule has 4 rings (SSSR count). The van der Waals surface area contributed by atoms with Crippen LogP contribution in [0.15, 0.2) is 54.7 Å². The number of nitrogens with one attached hydrogen (secondary N) is 1. The van der Waals surface area contributed by atoms with Gasteiger partial charge in [-0.1, -0.05) is 29.8 Å². The van der Waals surface area contributed by atoms with Crippen LogP contribution in [0.25, 0.3) is 0 Å². The number of aromatic nitrogens is 2. The Labute approximate surface area is 138 Å². The van der Waals surface area contributed by atoms with E-state index in [9.17, 15) is 4.79 Å². The van der Waals surface area contributed by atoms with Crippen molar-refractivity contribution in [1.29, 1.82) is 0 Å². The number of halogens is 1. The number of anilines is 4. The molecular weight excluding hydrogens is 312 g/mol. The highest BCUT2D eigenvalue weighted by Crippen LogP contribution is 2.40. The Morgan fingerprint density at radius 1 is 1.13 bits per heavy atom. The zero-order valence-corrected chi connectivity index (χ0v) is 13.1. The number of benzene rings is 2. The molecule has 2 heterocycles. The highest BCUT2D eigenvalue weighted by Gasteiger charge is 2.30. The summed E-state index contributed by atoms with van der Waals surface area (Å²) in [6.45, 7) is 0. The average molecular weight is 325 g/mol. The van der Waals surface area contributed by atoms with Crippen LogP contribution in [-0.2, 0) is 7.05 Å². The summed E-state index contributed by atoms with van der Waals surface area (Å²) in [6, 6.07) is 14.9. The Bertz CT molecular complexity index is 904. The molecule has 6 heteroatoms. The minimum Gasteiger partial charge on any atom is -0.336 e. The lowest BCUT2D eigenvalue weighted by Gasteiger charge is -2.23. The molecule has 2 aromatic carbocycles. The predicted octanol–water partition coefficient (Wildman–Crippen LogP) is 4.11. The fourth-order valence-electron chi connectivity index (χ4n) is 2.72. The van der Waals surface area contributed by atoms with E-state index in [1.807, 2.05) is 36.4 Å². The lowest BCUT2D eigenvalue weighted by molar-refractivity contribution is 0.100. The SMILES string of the molecule is Cn1cc2c(n1)Nc1ccc(Cl)cc1N(c1ccccc1)C2=O. The largest absolute Gasteiger partial charge is 0.336 e. The number of carbonyl (C=O) groups is 1. The quantitative estimate of drug-likeness (QED) is 0.733. The van der Waals surface area contributed by atoms with Crippen molar-refractivity contribution >= 4 is 40.4 Å². The smallest absolute Gasteiger partial charge is 0.268 e. The molecule has 0 atom stereocenters. The Kier molecular flexibility index (Phi) is 3.09. The zero-order valence-electron chi connectivity index (χ0n) is 12.3. The third kappa shape index (κ3) is 2.26. The highest BCUT2D eigenvalue weighted by molar-refractivity contribution is 6.31. The molecule has 0 unspecified atom stereocenters. The van der Waals surface area contributed by atoms with Crippen LogP contribution in [0.3, 0.4) is 0 Å². The summed E-state index contributed by atoms with van der Waals surface area (Å²) in [6.07, 6.45) is 1.72. The van der Waals surface area contributed by atoms with Gasteiger partial charge in [-0.25, -0.2) is 0 Å². The first kappa shape index (κ1) is 13.8. The van der Waals surface area contributed by atoms with E-state index < -0.39 is 0 Å². The van der Waals surface area contributed by atoms with Gasteiger partial charge in [0.2, 0.25) is 0 Å². The van der Waals surface area contributed by atoms with Gasteiger partial charge in [-0.15, -0.1) is 0 Å². The van der Waals surface area contributed by atoms with Gasteiger partial charge in [0.05, 0.1) is 11.4 Å². The minimum absolute atomic E-state index is 0.146. The average Bonchev–Trinajstić information content (AvgIpc) is 2.87. The molecule has 23 heavy (non-hydrogen) atoms. The number of fused-ring (bicyclic) bond motifs is 2. The van der Waals surface area contributed by atoms with Crippen molar-refractivity contribution in [2.75, 3.05) is 10.2 Å². The molecule has 1 aliphatic rings. The molecule has 1 N–H and O–H groups in total. The van der Waals surface area contributed by atoms with Crippen LogP contribution in [0, 0.1) is 0 Å². The second-order valence-electron chi connectivity index (χ2n) is 5.33. The third-order valence-electron chi connectivity index (χ3n) is 3.73. The molecule has 114 valence electrons. The van der Waals surface area contributed by atoms with E-state index in [0.29, 0.717) is 22.1 Å². The first-order valence-electron chi connectivity index (χ1n) is 7.13. The van der Waals surface area contributed by atoms with Crippen LogP contribution in [0.1, 0.15) is 10.4 Å². The summed E-state index contributed by atoms with van der Waals surface area (Å²) >= 11 is 6.16. The Hall–Kier alpha value is -2.79. The number of para-hydroxylation sites is 1. The van der Waals surface area contributed by atoms with E-state index >= 15 is 0 Å². The second kappa shape index (κ2) is 5.14. The Balaban J connectivity index is 1.99. The summed E-state index contributed by atoms with van der Waals surface area (Å²) < 4.78 is 1.62. The van der Waals surface area contributed by atoms with E-state index in [-0.39, 0.29) is 5.91 Å². The molecule has 1 amide bonds. The molecule has 0 spiro atoms. The van der Waals surface area contributed by atoms with E-state index in [1.165, 1.54) is 0 Å². The van der Waals surface area contributed by atoms with Crippen LogP contribution in [0.2, 0.25) is 5.02 Å². The molecule has 0 fully saturated rings. The fourth-order valence-corrected chi connectivity index (χ4v) is 2.89. The number of aryl methyl sites for hydroxylation is 1. The summed E-state index contributed by atoms with van der Waals surface area (Å²) in [7, 11) is 1.79. The predicted molar refractivity (Wildman–Crippen MR) is 90.9 cm³/mol. The normalized spacial score (nSPS) is 13.1. The van der Waals surface area contributed by atoms with Crippen LogP contribution in [0.5, 0.6) is 0 Å². The van der Waals surface area contributed by atoms with Gasteiger partial charge in [-0.2, -0.15) is 5.10 Å². The number of nitrogens with zero attached hydrogens (tertiary/aromatic N) is 3. The van der Waals surface area contributed by atoms with Gasteiger partial charge in [0.25, 0.3) is 5.91 Å². The summed E-state index contributed by atoms with van der Waals surface area (Å²) in [5.41, 5.74) is 2.78. The molecule has 0 bridgehead atoms. The Morgan fingerprint density at radius 3 is 2.70 bits per heavy atom. The first-order valence-corrected chi connectivity index (χ1v) is 7.51. The van der Waals surface area contributed by atoms with E-state index in [2.05, 4.69) is 10.4 Å². The van der Waals surface area contributed by atoms with Crippen molar-refractivity contribution in [1.82, 2.24) is 9.78 Å². The van der Waals surface area contributed by atoms with Gasteiger partial charge < -0.3 is 5.32 Å². The lowest BCUT2D eigenvalue weighted by atomic mass is 10.2.